The van der Waals surface area contributed by atoms with Crippen LogP contribution in [0.5, 0.6) is 0 Å². The molecule has 0 radical (unpaired) electrons. The van der Waals surface area contributed by atoms with Gasteiger partial charge in [0.1, 0.15) is 0 Å². The zero-order valence-corrected chi connectivity index (χ0v) is 11.2. The molecular weight excluding hydrogens is 208 g/mol. The first-order valence-electron chi connectivity index (χ1n) is 6.69. The number of hydrogen-bond donors (Lipinski definition) is 1. The zero-order valence-electron chi connectivity index (χ0n) is 11.2. The number of piperidine rings is 1. The van der Waals surface area contributed by atoms with E-state index in [1.54, 1.807) is 0 Å². The summed E-state index contributed by atoms with van der Waals surface area (Å²) in [6.45, 7) is 8.96. The number of rotatable bonds is 2. The van der Waals surface area contributed by atoms with Gasteiger partial charge in [0.15, 0.2) is 0 Å². The van der Waals surface area contributed by atoms with Crippen molar-refractivity contribution in [3.63, 3.8) is 0 Å². The zero-order chi connectivity index (χ0) is 12.4. The number of anilines is 1. The van der Waals surface area contributed by atoms with Gasteiger partial charge in [-0.3, -0.25) is 0 Å². The molecule has 0 aromatic heterocycles. The molecule has 2 rings (SSSR count). The Bertz CT molecular complexity index is 373. The molecule has 1 fully saturated rings. The molecule has 0 aliphatic carbocycles. The van der Waals surface area contributed by atoms with Gasteiger partial charge in [0, 0.05) is 24.8 Å². The second kappa shape index (κ2) is 5.09. The van der Waals surface area contributed by atoms with Crippen molar-refractivity contribution >= 4 is 5.69 Å². The molecular formula is C15H24N2. The van der Waals surface area contributed by atoms with E-state index in [2.05, 4.69) is 49.9 Å². The summed E-state index contributed by atoms with van der Waals surface area (Å²) in [6.07, 6.45) is 1.10. The van der Waals surface area contributed by atoms with E-state index in [9.17, 15) is 0 Å². The highest BCUT2D eigenvalue weighted by molar-refractivity contribution is 5.55. The van der Waals surface area contributed by atoms with Crippen molar-refractivity contribution in [3.8, 4) is 0 Å². The molecule has 1 aliphatic rings. The van der Waals surface area contributed by atoms with Crippen molar-refractivity contribution in [2.24, 2.45) is 11.7 Å². The molecule has 2 atom stereocenters. The Morgan fingerprint density at radius 2 is 2.00 bits per heavy atom. The molecule has 94 valence electrons. The van der Waals surface area contributed by atoms with E-state index in [1.165, 1.54) is 11.3 Å². The first-order chi connectivity index (χ1) is 8.09. The lowest BCUT2D eigenvalue weighted by Gasteiger charge is -2.38. The quantitative estimate of drug-likeness (QED) is 0.849. The standard InChI is InChI=1S/C15H24N2/c1-11(2)13-6-4-5-7-15(13)17-9-8-14(16)12(3)10-17/h4-7,11-12,14H,8-10,16H2,1-3H3. The predicted octanol–water partition coefficient (Wildman–Crippen LogP) is 2.98. The molecule has 1 saturated heterocycles. The van der Waals surface area contributed by atoms with Crippen LogP contribution in [0, 0.1) is 5.92 Å². The molecule has 2 unspecified atom stereocenters. The lowest BCUT2D eigenvalue weighted by Crippen LogP contribution is -2.46. The number of nitrogens with two attached hydrogens (primary N) is 1. The van der Waals surface area contributed by atoms with Gasteiger partial charge < -0.3 is 10.6 Å². The van der Waals surface area contributed by atoms with Crippen LogP contribution >= 0.6 is 0 Å². The number of nitrogens with zero attached hydrogens (tertiary/aromatic N) is 1. The van der Waals surface area contributed by atoms with Crippen LogP contribution in [0.4, 0.5) is 5.69 Å². The highest BCUT2D eigenvalue weighted by Gasteiger charge is 2.24. The molecule has 1 aromatic rings. The summed E-state index contributed by atoms with van der Waals surface area (Å²) < 4.78 is 0. The minimum atomic E-state index is 0.373. The Hall–Kier alpha value is -1.02. The smallest absolute Gasteiger partial charge is 0.0401 e. The average Bonchev–Trinajstić information content (AvgIpc) is 2.32. The van der Waals surface area contributed by atoms with Crippen molar-refractivity contribution in [2.45, 2.75) is 39.2 Å². The maximum atomic E-state index is 6.09. The van der Waals surface area contributed by atoms with Crippen LogP contribution < -0.4 is 10.6 Å². The number of para-hydroxylation sites is 1. The largest absolute Gasteiger partial charge is 0.371 e. The first-order valence-corrected chi connectivity index (χ1v) is 6.69. The van der Waals surface area contributed by atoms with E-state index >= 15 is 0 Å². The van der Waals surface area contributed by atoms with E-state index in [0.717, 1.165) is 19.5 Å². The maximum absolute atomic E-state index is 6.09. The Kier molecular flexibility index (Phi) is 3.72. The van der Waals surface area contributed by atoms with Crippen molar-refractivity contribution in [3.05, 3.63) is 29.8 Å². The Morgan fingerprint density at radius 1 is 1.29 bits per heavy atom. The second-order valence-electron chi connectivity index (χ2n) is 5.59. The molecule has 0 saturated carbocycles. The van der Waals surface area contributed by atoms with Gasteiger partial charge in [0.05, 0.1) is 0 Å². The molecule has 1 heterocycles. The van der Waals surface area contributed by atoms with Gasteiger partial charge in [-0.05, 0) is 29.9 Å². The van der Waals surface area contributed by atoms with E-state index in [0.29, 0.717) is 17.9 Å². The summed E-state index contributed by atoms with van der Waals surface area (Å²) in [7, 11) is 0. The van der Waals surface area contributed by atoms with Crippen molar-refractivity contribution < 1.29 is 0 Å². The Labute approximate surface area is 105 Å². The lowest BCUT2D eigenvalue weighted by atomic mass is 9.92. The first kappa shape index (κ1) is 12.4. The molecule has 1 aromatic carbocycles. The maximum Gasteiger partial charge on any atom is 0.0401 e. The highest BCUT2D eigenvalue weighted by atomic mass is 15.1. The predicted molar refractivity (Wildman–Crippen MR) is 74.5 cm³/mol. The molecule has 1 aliphatic heterocycles. The summed E-state index contributed by atoms with van der Waals surface area (Å²) in [5.74, 6) is 1.17. The van der Waals surface area contributed by atoms with Crippen molar-refractivity contribution in [1.29, 1.82) is 0 Å². The Balaban J connectivity index is 2.22. The Morgan fingerprint density at radius 3 is 2.65 bits per heavy atom. The van der Waals surface area contributed by atoms with Crippen LogP contribution in [0.25, 0.3) is 0 Å². The van der Waals surface area contributed by atoms with Crippen molar-refractivity contribution in [2.75, 3.05) is 18.0 Å². The monoisotopic (exact) mass is 232 g/mol. The fourth-order valence-electron chi connectivity index (χ4n) is 2.65. The molecule has 17 heavy (non-hydrogen) atoms. The van der Waals surface area contributed by atoms with Crippen LogP contribution in [-0.4, -0.2) is 19.1 Å². The summed E-state index contributed by atoms with van der Waals surface area (Å²) >= 11 is 0. The number of hydrogen-bond acceptors (Lipinski definition) is 2. The molecule has 0 bridgehead atoms. The van der Waals surface area contributed by atoms with Gasteiger partial charge >= 0.3 is 0 Å². The summed E-state index contributed by atoms with van der Waals surface area (Å²) in [5.41, 5.74) is 8.95. The van der Waals surface area contributed by atoms with E-state index in [4.69, 9.17) is 5.73 Å². The minimum Gasteiger partial charge on any atom is -0.371 e. The van der Waals surface area contributed by atoms with E-state index in [1.807, 2.05) is 0 Å². The highest BCUT2D eigenvalue weighted by Crippen LogP contribution is 2.30. The second-order valence-corrected chi connectivity index (χ2v) is 5.59. The van der Waals surface area contributed by atoms with Gasteiger partial charge in [-0.15, -0.1) is 0 Å². The topological polar surface area (TPSA) is 29.3 Å². The molecule has 0 spiro atoms. The minimum absolute atomic E-state index is 0.373. The van der Waals surface area contributed by atoms with E-state index in [-0.39, 0.29) is 0 Å². The summed E-state index contributed by atoms with van der Waals surface area (Å²) in [4.78, 5) is 2.50. The van der Waals surface area contributed by atoms with Crippen LogP contribution in [0.2, 0.25) is 0 Å². The molecule has 2 N–H and O–H groups in total. The lowest BCUT2D eigenvalue weighted by molar-refractivity contribution is 0.382. The fraction of sp³-hybridized carbons (Fsp3) is 0.600. The third kappa shape index (κ3) is 2.63. The summed E-state index contributed by atoms with van der Waals surface area (Å²) in [5, 5.41) is 0. The van der Waals surface area contributed by atoms with Gasteiger partial charge in [0.2, 0.25) is 0 Å². The SMILES string of the molecule is CC(C)c1ccccc1N1CCC(N)C(C)C1. The van der Waals surface area contributed by atoms with Gasteiger partial charge in [-0.25, -0.2) is 0 Å². The van der Waals surface area contributed by atoms with Gasteiger partial charge in [0.25, 0.3) is 0 Å². The van der Waals surface area contributed by atoms with E-state index < -0.39 is 0 Å². The average molecular weight is 232 g/mol. The van der Waals surface area contributed by atoms with Gasteiger partial charge in [-0.1, -0.05) is 39.0 Å². The molecule has 2 nitrogen and oxygen atoms in total. The third-order valence-electron chi connectivity index (χ3n) is 3.87. The molecule has 2 heteroatoms. The summed E-state index contributed by atoms with van der Waals surface area (Å²) in [6, 6.07) is 9.15. The third-order valence-corrected chi connectivity index (χ3v) is 3.87. The van der Waals surface area contributed by atoms with Crippen LogP contribution in [0.1, 0.15) is 38.7 Å². The van der Waals surface area contributed by atoms with Crippen LogP contribution in [0.15, 0.2) is 24.3 Å². The van der Waals surface area contributed by atoms with Crippen molar-refractivity contribution in [1.82, 2.24) is 0 Å². The normalized spacial score (nSPS) is 25.4. The van der Waals surface area contributed by atoms with Crippen LogP contribution in [-0.2, 0) is 0 Å². The molecule has 0 amide bonds. The van der Waals surface area contributed by atoms with Gasteiger partial charge in [-0.2, -0.15) is 0 Å². The number of benzene rings is 1. The van der Waals surface area contributed by atoms with Crippen LogP contribution in [0.3, 0.4) is 0 Å². The fourth-order valence-corrected chi connectivity index (χ4v) is 2.65.